The van der Waals surface area contributed by atoms with Crippen LogP contribution in [0.4, 0.5) is 20.4 Å². The number of benzene rings is 1. The van der Waals surface area contributed by atoms with Crippen molar-refractivity contribution in [2.75, 3.05) is 44.5 Å². The number of nitriles is 2. The van der Waals surface area contributed by atoms with E-state index in [-0.39, 0.29) is 52.8 Å². The maximum atomic E-state index is 14.9. The predicted octanol–water partition coefficient (Wildman–Crippen LogP) is 7.27. The van der Waals surface area contributed by atoms with E-state index < -0.39 is 88.0 Å². The molecule has 5 aromatic rings. The van der Waals surface area contributed by atoms with Crippen molar-refractivity contribution < 1.29 is 66.3 Å². The summed E-state index contributed by atoms with van der Waals surface area (Å²) in [7, 11) is -4.99. The first-order valence-electron chi connectivity index (χ1n) is 26.9. The molecule has 25 heteroatoms. The van der Waals surface area contributed by atoms with E-state index in [0.717, 1.165) is 38.3 Å². The Labute approximate surface area is 452 Å². The maximum Gasteiger partial charge on any atom is 0.475 e. The minimum absolute atomic E-state index is 0.0147. The first-order chi connectivity index (χ1) is 37.7. The third-order valence-electron chi connectivity index (χ3n) is 14.3. The molecule has 0 unspecified atom stereocenters. The number of aliphatic hydroxyl groups is 4. The third-order valence-corrected chi connectivity index (χ3v) is 15.7. The lowest BCUT2D eigenvalue weighted by Crippen LogP contribution is -2.41. The number of phosphoric ester groups is 1. The first kappa shape index (κ1) is 60.3. The molecule has 0 spiro atoms. The van der Waals surface area contributed by atoms with Gasteiger partial charge in [-0.1, -0.05) is 128 Å². The summed E-state index contributed by atoms with van der Waals surface area (Å²) in [6.07, 6.45) is 7.30. The van der Waals surface area contributed by atoms with E-state index in [1.54, 1.807) is 0 Å². The number of hydrogen-bond donors (Lipinski definition) is 6. The average Bonchev–Trinajstić information content (AvgIpc) is 4.26. The van der Waals surface area contributed by atoms with Crippen LogP contribution >= 0.6 is 7.82 Å². The summed E-state index contributed by atoms with van der Waals surface area (Å²) in [4.78, 5) is 7.88. The highest BCUT2D eigenvalue weighted by Gasteiger charge is 2.59. The number of rotatable bonds is 34. The van der Waals surface area contributed by atoms with Gasteiger partial charge in [0.25, 0.3) is 6.43 Å². The lowest BCUT2D eigenvalue weighted by Gasteiger charge is -2.26. The summed E-state index contributed by atoms with van der Waals surface area (Å²) in [5.74, 6) is 0.114. The van der Waals surface area contributed by atoms with Crippen LogP contribution in [0.5, 0.6) is 0 Å². The molecule has 426 valence electrons. The van der Waals surface area contributed by atoms with Crippen LogP contribution < -0.4 is 11.5 Å². The zero-order valence-electron chi connectivity index (χ0n) is 43.9. The molecule has 0 radical (unpaired) electrons. The number of nitrogens with two attached hydrogens (primary N) is 2. The van der Waals surface area contributed by atoms with Crippen molar-refractivity contribution in [1.29, 1.82) is 10.5 Å². The molecular weight excluding hydrogens is 1040 g/mol. The van der Waals surface area contributed by atoms with Crippen LogP contribution in [0.1, 0.15) is 139 Å². The molecule has 2 fully saturated rings. The van der Waals surface area contributed by atoms with Crippen LogP contribution in [0.25, 0.3) is 11.0 Å². The molecule has 6 heterocycles. The Morgan fingerprint density at radius 1 is 0.667 bits per heavy atom. The largest absolute Gasteiger partial charge is 0.475 e. The lowest BCUT2D eigenvalue weighted by molar-refractivity contribution is -0.0802. The monoisotopic (exact) mass is 1110 g/mol. The number of fused-ring (bicyclic) bond motifs is 2. The van der Waals surface area contributed by atoms with E-state index in [1.165, 1.54) is 135 Å². The molecule has 0 aliphatic carbocycles. The van der Waals surface area contributed by atoms with Crippen LogP contribution in [-0.4, -0.2) is 125 Å². The van der Waals surface area contributed by atoms with Crippen LogP contribution in [0.2, 0.25) is 0 Å². The standard InChI is InChI=1S/C53H73F2N10O12P/c1-2-3-4-5-6-7-8-9-10-11-12-13-14-15-16-17-26-71-28-38(72-27-36-18-20-37(21-19-36)49(54)55)29-73-78(70,74-30-41-45(66)47(68)52(32-56,76-41)43-24-22-39-50(58)60-34-62-64(39)43)75-31-42-46(67)48(69)53(33-57,77-42)44-25-23-40-51(59)61-35-63-65(40)44/h18-25,34-35,38,41-42,45-49,66-69H,2-17,26-31H2,1H3,(H2,58,60,62)(H2,59,61,63)/t38-,41-,42-,45-,46-,47-,48-,52+,53+/m1/s1. The molecule has 9 atom stereocenters. The van der Waals surface area contributed by atoms with Gasteiger partial charge in [-0.2, -0.15) is 20.7 Å². The fourth-order valence-corrected chi connectivity index (χ4v) is 11.0. The Morgan fingerprint density at radius 2 is 1.12 bits per heavy atom. The second-order valence-electron chi connectivity index (χ2n) is 19.9. The summed E-state index contributed by atoms with van der Waals surface area (Å²) in [6.45, 7) is 0.182. The number of unbranched alkanes of at least 4 members (excludes halogenated alkanes) is 15. The first-order valence-corrected chi connectivity index (χ1v) is 28.3. The Bertz CT molecular complexity index is 2670. The normalized spacial score (nSPS) is 23.9. The highest BCUT2D eigenvalue weighted by atomic mass is 31.2. The van der Waals surface area contributed by atoms with Gasteiger partial charge >= 0.3 is 7.82 Å². The van der Waals surface area contributed by atoms with Crippen LogP contribution in [0.15, 0.2) is 61.2 Å². The molecule has 4 aromatic heterocycles. The zero-order valence-corrected chi connectivity index (χ0v) is 44.8. The number of halogens is 2. The average molecular weight is 1110 g/mol. The smallest absolute Gasteiger partial charge is 0.387 e. The van der Waals surface area contributed by atoms with Gasteiger partial charge in [0, 0.05) is 12.2 Å². The minimum atomic E-state index is -4.99. The third kappa shape index (κ3) is 14.5. The van der Waals surface area contributed by atoms with Crippen molar-refractivity contribution in [3.05, 3.63) is 83.7 Å². The quantitative estimate of drug-likeness (QED) is 0.0174. The molecule has 1 aromatic carbocycles. The van der Waals surface area contributed by atoms with Gasteiger partial charge in [0.2, 0.25) is 11.2 Å². The van der Waals surface area contributed by atoms with Crippen LogP contribution in [0.3, 0.4) is 0 Å². The molecular formula is C53H73F2N10O12P. The van der Waals surface area contributed by atoms with Gasteiger partial charge in [-0.25, -0.2) is 32.3 Å². The number of nitrogen functional groups attached to an aromatic ring is 2. The Morgan fingerprint density at radius 3 is 1.55 bits per heavy atom. The van der Waals surface area contributed by atoms with Crippen molar-refractivity contribution in [2.24, 2.45) is 0 Å². The van der Waals surface area contributed by atoms with Crippen LogP contribution in [-0.2, 0) is 54.9 Å². The number of aromatic nitrogens is 6. The maximum absolute atomic E-state index is 14.9. The van der Waals surface area contributed by atoms with E-state index in [1.807, 2.05) is 12.1 Å². The lowest BCUT2D eigenvalue weighted by atomic mass is 9.92. The summed E-state index contributed by atoms with van der Waals surface area (Å²) in [5, 5.41) is 74.8. The summed E-state index contributed by atoms with van der Waals surface area (Å²) < 4.78 is 85.9. The number of anilines is 2. The van der Waals surface area contributed by atoms with Gasteiger partial charge in [0.1, 0.15) is 78.6 Å². The van der Waals surface area contributed by atoms with E-state index in [4.69, 9.17) is 44.0 Å². The number of alkyl halides is 2. The van der Waals surface area contributed by atoms with Gasteiger partial charge < -0.3 is 50.8 Å². The van der Waals surface area contributed by atoms with Crippen molar-refractivity contribution >= 4 is 30.5 Å². The molecule has 78 heavy (non-hydrogen) atoms. The number of phosphoric acid groups is 1. The Kier molecular flexibility index (Phi) is 22.2. The molecule has 2 aliphatic rings. The minimum Gasteiger partial charge on any atom is -0.387 e. The van der Waals surface area contributed by atoms with Crippen molar-refractivity contribution in [3.8, 4) is 12.1 Å². The molecule has 2 aliphatic heterocycles. The summed E-state index contributed by atoms with van der Waals surface area (Å²) in [6, 6.07) is 15.2. The van der Waals surface area contributed by atoms with Gasteiger partial charge in [-0.05, 0) is 36.2 Å². The molecule has 0 amide bonds. The van der Waals surface area contributed by atoms with E-state index >= 15 is 0 Å². The van der Waals surface area contributed by atoms with Gasteiger partial charge in [0.05, 0.1) is 44.4 Å². The zero-order chi connectivity index (χ0) is 55.7. The topological polar surface area (TPSA) is 323 Å². The number of ether oxygens (including phenoxy) is 4. The van der Waals surface area contributed by atoms with Gasteiger partial charge in [-0.3, -0.25) is 13.6 Å². The fourth-order valence-electron chi connectivity index (χ4n) is 9.80. The molecule has 22 nitrogen and oxygen atoms in total. The van der Waals surface area contributed by atoms with Gasteiger partial charge in [0.15, 0.2) is 11.6 Å². The van der Waals surface area contributed by atoms with Crippen LogP contribution in [0, 0.1) is 22.7 Å². The van der Waals surface area contributed by atoms with Gasteiger partial charge in [-0.15, -0.1) is 0 Å². The Balaban J connectivity index is 1.01. The van der Waals surface area contributed by atoms with E-state index in [9.17, 15) is 44.3 Å². The van der Waals surface area contributed by atoms with Crippen molar-refractivity contribution in [3.63, 3.8) is 0 Å². The molecule has 0 bridgehead atoms. The number of aliphatic hydroxyl groups excluding tert-OH is 4. The van der Waals surface area contributed by atoms with Crippen molar-refractivity contribution in [2.45, 2.75) is 177 Å². The molecule has 7 rings (SSSR count). The van der Waals surface area contributed by atoms with E-state index in [2.05, 4.69) is 27.1 Å². The number of hydrogen-bond acceptors (Lipinski definition) is 20. The second kappa shape index (κ2) is 28.7. The van der Waals surface area contributed by atoms with Crippen molar-refractivity contribution in [1.82, 2.24) is 29.2 Å². The highest BCUT2D eigenvalue weighted by molar-refractivity contribution is 7.48. The highest BCUT2D eigenvalue weighted by Crippen LogP contribution is 2.52. The van der Waals surface area contributed by atoms with E-state index in [0.29, 0.717) is 12.2 Å². The predicted molar refractivity (Wildman–Crippen MR) is 279 cm³/mol. The fraction of sp³-hybridized carbons (Fsp3) is 0.623. The second-order valence-corrected chi connectivity index (χ2v) is 21.6. The Hall–Kier alpha value is -5.31. The molecule has 2 saturated heterocycles. The summed E-state index contributed by atoms with van der Waals surface area (Å²) in [5.41, 5.74) is 8.38. The summed E-state index contributed by atoms with van der Waals surface area (Å²) >= 11 is 0. The SMILES string of the molecule is CCCCCCCCCCCCCCCCCCOC[C@H](COP(=O)(OC[C@H]1O[C@@](C#N)(c2ccc3c(N)ncnn23)[C@H](O)[C@@H]1O)OC[C@H]1O[C@@](C#N)(c2ccc3c(N)ncnn23)[C@H](O)[C@@H]1O)OCc1ccc(C(F)F)cc1. The molecule has 8 N–H and O–H groups in total. The molecule has 0 saturated carbocycles. The number of nitrogens with zero attached hydrogens (tertiary/aromatic N) is 8.